The summed E-state index contributed by atoms with van der Waals surface area (Å²) in [5.74, 6) is 1.97. The van der Waals surface area contributed by atoms with Crippen molar-refractivity contribution in [3.8, 4) is 18.1 Å². The monoisotopic (exact) mass is 343 g/mol. The van der Waals surface area contributed by atoms with Crippen LogP contribution < -0.4 is 10.1 Å². The molecule has 0 saturated carbocycles. The molecule has 1 saturated heterocycles. The molecule has 0 bridgehead atoms. The predicted octanol–water partition coefficient (Wildman–Crippen LogP) is 1.31. The average Bonchev–Trinajstić information content (AvgIpc) is 2.93. The van der Waals surface area contributed by atoms with E-state index in [2.05, 4.69) is 26.2 Å². The molecule has 0 spiro atoms. The second kappa shape index (κ2) is 8.55. The minimum atomic E-state index is -0.610. The van der Waals surface area contributed by atoms with Crippen LogP contribution in [0.15, 0.2) is 45.4 Å². The maximum Gasteiger partial charge on any atom is 0.331 e. The summed E-state index contributed by atoms with van der Waals surface area (Å²) in [6, 6.07) is 7.14. The molecule has 0 aromatic heterocycles. The first kappa shape index (κ1) is 17.3. The van der Waals surface area contributed by atoms with Crippen molar-refractivity contribution >= 4 is 35.0 Å². The van der Waals surface area contributed by atoms with E-state index in [4.69, 9.17) is 11.2 Å². The number of amidine groups is 1. The molecule has 1 aliphatic heterocycles. The maximum absolute atomic E-state index is 11.6. The van der Waals surface area contributed by atoms with Crippen molar-refractivity contribution < 1.29 is 19.1 Å². The molecule has 1 aromatic carbocycles. The molecular weight excluding hydrogens is 330 g/mol. The fourth-order valence-corrected chi connectivity index (χ4v) is 2.34. The number of carbonyl (C=O) groups excluding carboxylic acids is 2. The summed E-state index contributed by atoms with van der Waals surface area (Å²) in [5, 5.41) is 10.6. The molecule has 0 unspecified atom stereocenters. The van der Waals surface area contributed by atoms with Gasteiger partial charge >= 0.3 is 5.97 Å². The van der Waals surface area contributed by atoms with Gasteiger partial charge in [0.05, 0.1) is 18.2 Å². The number of esters is 1. The van der Waals surface area contributed by atoms with Crippen LogP contribution in [0.2, 0.25) is 0 Å². The summed E-state index contributed by atoms with van der Waals surface area (Å²) in [6.07, 6.45) is 7.74. The van der Waals surface area contributed by atoms with Gasteiger partial charge < -0.3 is 9.47 Å². The summed E-state index contributed by atoms with van der Waals surface area (Å²) >= 11 is 1.00. The van der Waals surface area contributed by atoms with E-state index in [1.165, 1.54) is 13.3 Å². The molecule has 0 atom stereocenters. The lowest BCUT2D eigenvalue weighted by Crippen LogP contribution is -2.19. The third-order valence-corrected chi connectivity index (χ3v) is 3.54. The number of thioether (sulfide) groups is 1. The van der Waals surface area contributed by atoms with Gasteiger partial charge in [-0.3, -0.25) is 10.1 Å². The molecule has 0 radical (unpaired) electrons. The fourth-order valence-electron chi connectivity index (χ4n) is 1.60. The Kier molecular flexibility index (Phi) is 6.16. The smallest absolute Gasteiger partial charge is 0.331 e. The molecule has 24 heavy (non-hydrogen) atoms. The van der Waals surface area contributed by atoms with E-state index in [9.17, 15) is 9.59 Å². The molecular formula is C16H13N3O4S. The lowest BCUT2D eigenvalue weighted by Gasteiger charge is -2.01. The lowest BCUT2D eigenvalue weighted by molar-refractivity contribution is -0.135. The normalized spacial score (nSPS) is 17.1. The van der Waals surface area contributed by atoms with Gasteiger partial charge in [0.15, 0.2) is 5.17 Å². The zero-order chi connectivity index (χ0) is 17.4. The molecule has 1 aromatic rings. The Bertz CT molecular complexity index is 778. The summed E-state index contributed by atoms with van der Waals surface area (Å²) in [5.41, 5.74) is 0.758. The van der Waals surface area contributed by atoms with Crippen LogP contribution >= 0.6 is 11.8 Å². The quantitative estimate of drug-likeness (QED) is 0.286. The van der Waals surface area contributed by atoms with Gasteiger partial charge in [-0.05, 0) is 29.5 Å². The SMILES string of the molecule is C#CCOc1cccc(C=N/N=C2/NC(=O)/C(=C\C(=O)OC)S2)c1. The molecule has 122 valence electrons. The Morgan fingerprint density at radius 1 is 1.50 bits per heavy atom. The second-order valence-electron chi connectivity index (χ2n) is 4.30. The van der Waals surface area contributed by atoms with Gasteiger partial charge in [-0.15, -0.1) is 11.5 Å². The number of terminal acetylenes is 1. The van der Waals surface area contributed by atoms with Crippen LogP contribution in [0.25, 0.3) is 0 Å². The van der Waals surface area contributed by atoms with Crippen LogP contribution in [0.5, 0.6) is 5.75 Å². The number of ether oxygens (including phenoxy) is 2. The van der Waals surface area contributed by atoms with Gasteiger partial charge in [-0.2, -0.15) is 5.10 Å². The topological polar surface area (TPSA) is 89.4 Å². The van der Waals surface area contributed by atoms with Crippen molar-refractivity contribution in [3.63, 3.8) is 0 Å². The van der Waals surface area contributed by atoms with Gasteiger partial charge in [0.1, 0.15) is 12.4 Å². The van der Waals surface area contributed by atoms with E-state index in [0.717, 1.165) is 23.4 Å². The zero-order valence-electron chi connectivity index (χ0n) is 12.7. The number of methoxy groups -OCH3 is 1. The third-order valence-electron chi connectivity index (χ3n) is 2.64. The second-order valence-corrected chi connectivity index (χ2v) is 5.33. The molecule has 1 fully saturated rings. The third kappa shape index (κ3) is 5.00. The van der Waals surface area contributed by atoms with E-state index in [-0.39, 0.29) is 16.7 Å². The lowest BCUT2D eigenvalue weighted by atomic mass is 10.2. The Labute approximate surface area is 142 Å². The van der Waals surface area contributed by atoms with Crippen molar-refractivity contribution in [2.75, 3.05) is 13.7 Å². The number of benzene rings is 1. The minimum Gasteiger partial charge on any atom is -0.481 e. The highest BCUT2D eigenvalue weighted by atomic mass is 32.2. The van der Waals surface area contributed by atoms with Gasteiger partial charge in [0.25, 0.3) is 5.91 Å². The number of carbonyl (C=O) groups is 2. The molecule has 1 amide bonds. The summed E-state index contributed by atoms with van der Waals surface area (Å²) in [4.78, 5) is 23.0. The van der Waals surface area contributed by atoms with Gasteiger partial charge in [0.2, 0.25) is 0 Å². The highest BCUT2D eigenvalue weighted by Crippen LogP contribution is 2.23. The largest absolute Gasteiger partial charge is 0.481 e. The van der Waals surface area contributed by atoms with Crippen molar-refractivity contribution in [1.29, 1.82) is 0 Å². The first-order chi connectivity index (χ1) is 11.6. The van der Waals surface area contributed by atoms with Crippen molar-refractivity contribution in [2.45, 2.75) is 0 Å². The van der Waals surface area contributed by atoms with E-state index >= 15 is 0 Å². The minimum absolute atomic E-state index is 0.181. The van der Waals surface area contributed by atoms with Crippen LogP contribution in [0.1, 0.15) is 5.56 Å². The van der Waals surface area contributed by atoms with E-state index < -0.39 is 11.9 Å². The molecule has 1 N–H and O–H groups in total. The first-order valence-corrected chi connectivity index (χ1v) is 7.50. The van der Waals surface area contributed by atoms with E-state index in [1.807, 2.05) is 6.07 Å². The number of amides is 1. The number of rotatable bonds is 5. The van der Waals surface area contributed by atoms with Crippen molar-refractivity contribution in [2.24, 2.45) is 10.2 Å². The highest BCUT2D eigenvalue weighted by Gasteiger charge is 2.24. The van der Waals surface area contributed by atoms with Crippen molar-refractivity contribution in [1.82, 2.24) is 5.32 Å². The predicted molar refractivity (Wildman–Crippen MR) is 91.6 cm³/mol. The Hall–Kier alpha value is -3.05. The Morgan fingerprint density at radius 3 is 3.08 bits per heavy atom. The zero-order valence-corrected chi connectivity index (χ0v) is 13.5. The molecule has 1 heterocycles. The molecule has 2 rings (SSSR count). The molecule has 8 heteroatoms. The van der Waals surface area contributed by atoms with Gasteiger partial charge in [-0.1, -0.05) is 18.1 Å². The van der Waals surface area contributed by atoms with Gasteiger partial charge in [-0.25, -0.2) is 4.79 Å². The van der Waals surface area contributed by atoms with E-state index in [1.54, 1.807) is 18.2 Å². The Morgan fingerprint density at radius 2 is 2.33 bits per heavy atom. The summed E-state index contributed by atoms with van der Waals surface area (Å²) in [7, 11) is 1.23. The molecule has 0 aliphatic carbocycles. The molecule has 7 nitrogen and oxygen atoms in total. The van der Waals surface area contributed by atoms with Crippen LogP contribution in [0.4, 0.5) is 0 Å². The highest BCUT2D eigenvalue weighted by molar-refractivity contribution is 8.18. The summed E-state index contributed by atoms with van der Waals surface area (Å²) < 4.78 is 9.78. The van der Waals surface area contributed by atoms with Crippen LogP contribution in [-0.2, 0) is 14.3 Å². The molecule has 1 aliphatic rings. The number of hydrogen-bond donors (Lipinski definition) is 1. The van der Waals surface area contributed by atoms with E-state index in [0.29, 0.717) is 5.75 Å². The first-order valence-electron chi connectivity index (χ1n) is 6.68. The van der Waals surface area contributed by atoms with Crippen LogP contribution in [0.3, 0.4) is 0 Å². The fraction of sp³-hybridized carbons (Fsp3) is 0.125. The van der Waals surface area contributed by atoms with Crippen molar-refractivity contribution in [3.05, 3.63) is 40.8 Å². The number of nitrogens with zero attached hydrogens (tertiary/aromatic N) is 2. The van der Waals surface area contributed by atoms with Gasteiger partial charge in [0, 0.05) is 6.08 Å². The maximum atomic E-state index is 11.6. The summed E-state index contributed by atoms with van der Waals surface area (Å²) in [6.45, 7) is 0.181. The van der Waals surface area contributed by atoms with Crippen LogP contribution in [0, 0.1) is 12.3 Å². The number of hydrogen-bond acceptors (Lipinski definition) is 7. The average molecular weight is 343 g/mol. The van der Waals surface area contributed by atoms with Crippen LogP contribution in [-0.4, -0.2) is 37.0 Å². The standard InChI is InChI=1S/C16H13N3O4S/c1-3-7-23-12-6-4-5-11(8-12)10-17-19-16-18-15(21)13(24-16)9-14(20)22-2/h1,4-6,8-10H,7H2,2H3,(H,18,19,21)/b13-9+,17-10?. The number of nitrogens with one attached hydrogen (secondary N) is 1. The Balaban J connectivity index is 2.02.